The van der Waals surface area contributed by atoms with Gasteiger partial charge >= 0.3 is 0 Å². The van der Waals surface area contributed by atoms with E-state index in [-0.39, 0.29) is 0 Å². The molecule has 0 atom stereocenters. The van der Waals surface area contributed by atoms with E-state index in [9.17, 15) is 0 Å². The molecule has 1 rings (SSSR count). The summed E-state index contributed by atoms with van der Waals surface area (Å²) in [6.45, 7) is 20.2. The van der Waals surface area contributed by atoms with Crippen molar-refractivity contribution in [2.24, 2.45) is 0 Å². The van der Waals surface area contributed by atoms with Crippen molar-refractivity contribution in [3.05, 3.63) is 40.7 Å². The molecule has 0 aromatic heterocycles. The molecule has 6 radical (unpaired) electrons. The lowest BCUT2D eigenvalue weighted by molar-refractivity contribution is 0.592. The Morgan fingerprint density at radius 1 is 0.615 bits per heavy atom. The smallest absolute Gasteiger partial charge is 0.256 e. The summed E-state index contributed by atoms with van der Waals surface area (Å²) in [7, 11) is -3.73. The molecule has 0 aliphatic heterocycles. The maximum Gasteiger partial charge on any atom is 0.256 e. The third-order valence-electron chi connectivity index (χ3n) is 2.69. The molecule has 0 fully saturated rings. The third kappa shape index (κ3) is 11.1. The van der Waals surface area contributed by atoms with Crippen LogP contribution in [-0.4, -0.2) is 54.2 Å². The lowest BCUT2D eigenvalue weighted by Crippen LogP contribution is -2.35. The minimum atomic E-state index is -1.60. The maximum absolute atomic E-state index is 6.32. The summed E-state index contributed by atoms with van der Waals surface area (Å²) in [4.78, 5) is 1.29. The molecule has 0 aliphatic carbocycles. The van der Waals surface area contributed by atoms with Crippen molar-refractivity contribution in [1.29, 1.82) is 0 Å². The van der Waals surface area contributed by atoms with Crippen LogP contribution in [0.1, 0.15) is 5.56 Å². The number of hydrogen-bond acceptors (Lipinski definition) is 3. The minimum Gasteiger partial charge on any atom is -0.453 e. The fourth-order valence-corrected chi connectivity index (χ4v) is 9.07. The molecule has 1 aromatic rings. The second-order valence-corrected chi connectivity index (χ2v) is 26.8. The standard InChI is InChI=1S/C17H32O3Si6/c1-24(2,3)18-21-16(15-13-11-10-12-14-15)17(22-19-25(4,5)6)23-20-26(7,8)9/h10-14H,1-9H3. The van der Waals surface area contributed by atoms with E-state index in [1.165, 1.54) is 15.6 Å². The van der Waals surface area contributed by atoms with Crippen molar-refractivity contribution >= 4 is 59.4 Å². The minimum absolute atomic E-state index is 0.345. The summed E-state index contributed by atoms with van der Waals surface area (Å²) in [5.74, 6) is 0. The first-order valence-electron chi connectivity index (χ1n) is 8.89. The molecule has 0 heterocycles. The highest BCUT2D eigenvalue weighted by Crippen LogP contribution is 2.21. The van der Waals surface area contributed by atoms with E-state index in [0.717, 1.165) is 0 Å². The molecular weight excluding hydrogens is 421 g/mol. The molecule has 1 aromatic carbocycles. The van der Waals surface area contributed by atoms with Gasteiger partial charge in [-0.2, -0.15) is 0 Å². The molecule has 26 heavy (non-hydrogen) atoms. The largest absolute Gasteiger partial charge is 0.453 e. The summed E-state index contributed by atoms with van der Waals surface area (Å²) in [6, 6.07) is 10.6. The van der Waals surface area contributed by atoms with E-state index in [2.05, 4.69) is 89.3 Å². The van der Waals surface area contributed by atoms with Gasteiger partial charge in [-0.1, -0.05) is 30.3 Å². The van der Waals surface area contributed by atoms with Gasteiger partial charge in [0, 0.05) is 0 Å². The van der Waals surface area contributed by atoms with Gasteiger partial charge in [0.05, 0.1) is 0 Å². The molecule has 142 valence electrons. The lowest BCUT2D eigenvalue weighted by Gasteiger charge is -2.24. The van der Waals surface area contributed by atoms with Gasteiger partial charge in [-0.25, -0.2) is 0 Å². The van der Waals surface area contributed by atoms with Gasteiger partial charge in [0.25, 0.3) is 9.76 Å². The summed E-state index contributed by atoms with van der Waals surface area (Å²) >= 11 is 0. The molecule has 0 N–H and O–H groups in total. The van der Waals surface area contributed by atoms with Crippen LogP contribution in [0.4, 0.5) is 0 Å². The Morgan fingerprint density at radius 3 is 1.38 bits per heavy atom. The first kappa shape index (κ1) is 24.2. The van der Waals surface area contributed by atoms with Gasteiger partial charge in [0.15, 0.2) is 25.0 Å². The van der Waals surface area contributed by atoms with Gasteiger partial charge < -0.3 is 12.3 Å². The monoisotopic (exact) mass is 452 g/mol. The summed E-state index contributed by atoms with van der Waals surface area (Å²) in [6.07, 6.45) is 0. The van der Waals surface area contributed by atoms with Gasteiger partial charge in [-0.05, 0) is 74.5 Å². The normalized spacial score (nSPS) is 13.0. The van der Waals surface area contributed by atoms with E-state index in [1.807, 2.05) is 0 Å². The second-order valence-electron chi connectivity index (χ2n) is 9.07. The van der Waals surface area contributed by atoms with Crippen molar-refractivity contribution in [2.75, 3.05) is 0 Å². The average Bonchev–Trinajstić information content (AvgIpc) is 2.47. The molecule has 0 saturated heterocycles. The highest BCUT2D eigenvalue weighted by Gasteiger charge is 2.24. The highest BCUT2D eigenvalue weighted by atomic mass is 28.4. The Bertz CT molecular complexity index is 565. The number of rotatable bonds is 10. The molecule has 9 heteroatoms. The van der Waals surface area contributed by atoms with Crippen LogP contribution in [0.2, 0.25) is 58.9 Å². The number of hydrogen-bond donors (Lipinski definition) is 0. The van der Waals surface area contributed by atoms with Crippen LogP contribution in [0.25, 0.3) is 5.20 Å². The fourth-order valence-electron chi connectivity index (χ4n) is 1.59. The van der Waals surface area contributed by atoms with Crippen molar-refractivity contribution in [3.63, 3.8) is 0 Å². The Morgan fingerprint density at radius 2 is 1.00 bits per heavy atom. The van der Waals surface area contributed by atoms with E-state index < -0.39 is 25.0 Å². The topological polar surface area (TPSA) is 27.7 Å². The molecule has 0 unspecified atom stereocenters. The molecule has 0 amide bonds. The first-order chi connectivity index (χ1) is 11.8. The summed E-state index contributed by atoms with van der Waals surface area (Å²) in [5, 5.41) is 1.28. The average molecular weight is 453 g/mol. The molecule has 0 bridgehead atoms. The van der Waals surface area contributed by atoms with E-state index in [4.69, 9.17) is 12.3 Å². The highest BCUT2D eigenvalue weighted by molar-refractivity contribution is 6.85. The zero-order valence-electron chi connectivity index (χ0n) is 17.6. The SMILES string of the molecule is C[Si](C)(C)O[Si]C([Si]O[Si](C)(C)C)=C([Si]O[Si](C)(C)C)c1ccccc1. The first-order valence-corrected chi connectivity index (χ1v) is 21.8. The maximum atomic E-state index is 6.32. The zero-order chi connectivity index (χ0) is 20.0. The van der Waals surface area contributed by atoms with Crippen LogP contribution in [0.5, 0.6) is 0 Å². The fraction of sp³-hybridized carbons (Fsp3) is 0.529. The third-order valence-corrected chi connectivity index (χ3v) is 14.0. The predicted octanol–water partition coefficient (Wildman–Crippen LogP) is 4.72. The number of benzene rings is 1. The Kier molecular flexibility index (Phi) is 9.37. The van der Waals surface area contributed by atoms with Gasteiger partial charge in [0.1, 0.15) is 0 Å². The molecule has 3 nitrogen and oxygen atoms in total. The van der Waals surface area contributed by atoms with E-state index in [0.29, 0.717) is 29.3 Å². The van der Waals surface area contributed by atoms with Crippen LogP contribution < -0.4 is 0 Å². The summed E-state index contributed by atoms with van der Waals surface area (Å²) in [5.41, 5.74) is 1.23. The Hall–Kier alpha value is 0.141. The van der Waals surface area contributed by atoms with Crippen molar-refractivity contribution in [1.82, 2.24) is 0 Å². The van der Waals surface area contributed by atoms with Crippen molar-refractivity contribution in [3.8, 4) is 0 Å². The lowest BCUT2D eigenvalue weighted by atomic mass is 10.2. The van der Waals surface area contributed by atoms with Crippen LogP contribution in [0, 0.1) is 0 Å². The summed E-state index contributed by atoms with van der Waals surface area (Å²) < 4.78 is 18.9. The quantitative estimate of drug-likeness (QED) is 0.480. The van der Waals surface area contributed by atoms with Gasteiger partial charge in [0.2, 0.25) is 19.5 Å². The van der Waals surface area contributed by atoms with Crippen LogP contribution >= 0.6 is 0 Å². The van der Waals surface area contributed by atoms with Gasteiger partial charge in [-0.15, -0.1) is 0 Å². The molecule has 0 saturated carbocycles. The zero-order valence-corrected chi connectivity index (χ0v) is 23.6. The Labute approximate surface area is 171 Å². The van der Waals surface area contributed by atoms with E-state index >= 15 is 0 Å². The van der Waals surface area contributed by atoms with Crippen LogP contribution in [0.15, 0.2) is 35.2 Å². The Balaban J connectivity index is 3.23. The van der Waals surface area contributed by atoms with Crippen molar-refractivity contribution < 1.29 is 12.3 Å². The molecule has 0 spiro atoms. The van der Waals surface area contributed by atoms with E-state index in [1.54, 1.807) is 0 Å². The van der Waals surface area contributed by atoms with Gasteiger partial charge in [-0.3, -0.25) is 0 Å². The second kappa shape index (κ2) is 10.1. The van der Waals surface area contributed by atoms with Crippen LogP contribution in [-0.2, 0) is 12.3 Å². The predicted molar refractivity (Wildman–Crippen MR) is 124 cm³/mol. The van der Waals surface area contributed by atoms with Crippen molar-refractivity contribution in [2.45, 2.75) is 58.9 Å². The molecule has 0 aliphatic rings. The van der Waals surface area contributed by atoms with Crippen LogP contribution in [0.3, 0.4) is 0 Å². The molecular formula is C17H32O3Si6.